The fourth-order valence-corrected chi connectivity index (χ4v) is 1.48. The Bertz CT molecular complexity index is 280. The van der Waals surface area contributed by atoms with Gasteiger partial charge >= 0.3 is 0 Å². The summed E-state index contributed by atoms with van der Waals surface area (Å²) >= 11 is 0. The molecule has 0 heterocycles. The van der Waals surface area contributed by atoms with E-state index in [-0.39, 0.29) is 5.41 Å². The summed E-state index contributed by atoms with van der Waals surface area (Å²) in [6.07, 6.45) is 6.04. The van der Waals surface area contributed by atoms with Crippen molar-refractivity contribution in [3.05, 3.63) is 35.2 Å². The van der Waals surface area contributed by atoms with Crippen molar-refractivity contribution in [2.24, 2.45) is 16.9 Å². The molecule has 0 saturated heterocycles. The van der Waals surface area contributed by atoms with Gasteiger partial charge in [-0.3, -0.25) is 0 Å². The van der Waals surface area contributed by atoms with Crippen LogP contribution in [-0.2, 0) is 0 Å². The Hall–Kier alpha value is -1.18. The standard InChI is InChI=1S/C10H16N2/c1-7-4-8(11)9(12)6-10(2,3)5-7/h4-6H,11-12H2,1-3H3. The molecule has 0 aromatic carbocycles. The lowest BCUT2D eigenvalue weighted by Gasteiger charge is -2.14. The molecule has 0 aliphatic heterocycles. The highest BCUT2D eigenvalue weighted by Crippen LogP contribution is 2.26. The van der Waals surface area contributed by atoms with Gasteiger partial charge in [-0.25, -0.2) is 0 Å². The molecule has 1 rings (SSSR count). The largest absolute Gasteiger partial charge is 0.397 e. The van der Waals surface area contributed by atoms with Gasteiger partial charge in [0.25, 0.3) is 0 Å². The quantitative estimate of drug-likeness (QED) is 0.572. The molecule has 0 amide bonds. The molecule has 0 aromatic rings. The first-order valence-electron chi connectivity index (χ1n) is 4.06. The van der Waals surface area contributed by atoms with E-state index in [0.717, 1.165) is 5.57 Å². The second kappa shape index (κ2) is 2.70. The minimum atomic E-state index is 0.00574. The van der Waals surface area contributed by atoms with Crippen molar-refractivity contribution in [3.8, 4) is 0 Å². The molecular formula is C10H16N2. The molecule has 1 aliphatic carbocycles. The average Bonchev–Trinajstić information content (AvgIpc) is 1.89. The van der Waals surface area contributed by atoms with Crippen LogP contribution in [-0.4, -0.2) is 0 Å². The van der Waals surface area contributed by atoms with Crippen LogP contribution >= 0.6 is 0 Å². The minimum absolute atomic E-state index is 0.00574. The van der Waals surface area contributed by atoms with Crippen molar-refractivity contribution < 1.29 is 0 Å². The Balaban J connectivity index is 3.15. The highest BCUT2D eigenvalue weighted by molar-refractivity contribution is 5.38. The summed E-state index contributed by atoms with van der Waals surface area (Å²) in [4.78, 5) is 0. The third kappa shape index (κ3) is 1.91. The smallest absolute Gasteiger partial charge is 0.0547 e. The maximum atomic E-state index is 5.75. The molecule has 4 N–H and O–H groups in total. The zero-order chi connectivity index (χ0) is 9.35. The summed E-state index contributed by atoms with van der Waals surface area (Å²) in [5, 5.41) is 0. The summed E-state index contributed by atoms with van der Waals surface area (Å²) in [5.41, 5.74) is 14.0. The van der Waals surface area contributed by atoms with Gasteiger partial charge in [0.05, 0.1) is 11.4 Å². The maximum Gasteiger partial charge on any atom is 0.0547 e. The molecule has 2 nitrogen and oxygen atoms in total. The van der Waals surface area contributed by atoms with Crippen LogP contribution in [0.5, 0.6) is 0 Å². The first kappa shape index (κ1) is 8.91. The lowest BCUT2D eigenvalue weighted by atomic mass is 9.91. The molecule has 1 aliphatic rings. The molecule has 0 aromatic heterocycles. The highest BCUT2D eigenvalue weighted by atomic mass is 14.7. The van der Waals surface area contributed by atoms with Gasteiger partial charge in [-0.15, -0.1) is 0 Å². The summed E-state index contributed by atoms with van der Waals surface area (Å²) < 4.78 is 0. The zero-order valence-corrected chi connectivity index (χ0v) is 7.89. The van der Waals surface area contributed by atoms with E-state index in [4.69, 9.17) is 11.5 Å². The Morgan fingerprint density at radius 2 is 1.67 bits per heavy atom. The molecule has 0 atom stereocenters. The van der Waals surface area contributed by atoms with Crippen LogP contribution in [0.2, 0.25) is 0 Å². The molecule has 0 spiro atoms. The Morgan fingerprint density at radius 1 is 1.08 bits per heavy atom. The van der Waals surface area contributed by atoms with E-state index in [0.29, 0.717) is 11.4 Å². The lowest BCUT2D eigenvalue weighted by Crippen LogP contribution is -2.12. The van der Waals surface area contributed by atoms with E-state index in [9.17, 15) is 0 Å². The number of rotatable bonds is 0. The average molecular weight is 164 g/mol. The summed E-state index contributed by atoms with van der Waals surface area (Å²) in [7, 11) is 0. The van der Waals surface area contributed by atoms with Crippen LogP contribution in [0.4, 0.5) is 0 Å². The van der Waals surface area contributed by atoms with E-state index in [1.807, 2.05) is 19.1 Å². The number of nitrogens with two attached hydrogens (primary N) is 2. The van der Waals surface area contributed by atoms with Crippen LogP contribution < -0.4 is 11.5 Å². The van der Waals surface area contributed by atoms with Crippen LogP contribution in [0.25, 0.3) is 0 Å². The van der Waals surface area contributed by atoms with Crippen LogP contribution in [0.1, 0.15) is 20.8 Å². The van der Waals surface area contributed by atoms with Crippen molar-refractivity contribution in [2.75, 3.05) is 0 Å². The van der Waals surface area contributed by atoms with Crippen LogP contribution in [0.3, 0.4) is 0 Å². The fraction of sp³-hybridized carbons (Fsp3) is 0.400. The van der Waals surface area contributed by atoms with Crippen molar-refractivity contribution in [1.29, 1.82) is 0 Å². The van der Waals surface area contributed by atoms with E-state index in [2.05, 4.69) is 19.9 Å². The Morgan fingerprint density at radius 3 is 2.25 bits per heavy atom. The predicted molar refractivity (Wildman–Crippen MR) is 52.1 cm³/mol. The fourth-order valence-electron chi connectivity index (χ4n) is 1.48. The summed E-state index contributed by atoms with van der Waals surface area (Å²) in [5.74, 6) is 0. The Labute approximate surface area is 73.6 Å². The van der Waals surface area contributed by atoms with Crippen LogP contribution in [0.15, 0.2) is 35.2 Å². The van der Waals surface area contributed by atoms with Gasteiger partial charge in [0.1, 0.15) is 0 Å². The molecule has 0 bridgehead atoms. The van der Waals surface area contributed by atoms with Gasteiger partial charge in [-0.2, -0.15) is 0 Å². The first-order chi connectivity index (χ1) is 5.41. The normalized spacial score (nSPS) is 22.1. The molecule has 2 heteroatoms. The van der Waals surface area contributed by atoms with Crippen molar-refractivity contribution in [2.45, 2.75) is 20.8 Å². The van der Waals surface area contributed by atoms with E-state index >= 15 is 0 Å². The monoisotopic (exact) mass is 164 g/mol. The molecule has 0 radical (unpaired) electrons. The van der Waals surface area contributed by atoms with E-state index in [1.54, 1.807) is 0 Å². The molecule has 0 fully saturated rings. The third-order valence-electron chi connectivity index (χ3n) is 1.84. The van der Waals surface area contributed by atoms with Gasteiger partial charge < -0.3 is 11.5 Å². The number of hydrogen-bond donors (Lipinski definition) is 2. The number of allylic oxidation sites excluding steroid dienone is 4. The van der Waals surface area contributed by atoms with Crippen molar-refractivity contribution in [1.82, 2.24) is 0 Å². The highest BCUT2D eigenvalue weighted by Gasteiger charge is 2.15. The lowest BCUT2D eigenvalue weighted by molar-refractivity contribution is 0.618. The topological polar surface area (TPSA) is 52.0 Å². The van der Waals surface area contributed by atoms with E-state index < -0.39 is 0 Å². The van der Waals surface area contributed by atoms with Gasteiger partial charge in [-0.1, -0.05) is 25.5 Å². The van der Waals surface area contributed by atoms with Crippen molar-refractivity contribution >= 4 is 0 Å². The zero-order valence-electron chi connectivity index (χ0n) is 7.89. The molecule has 0 saturated carbocycles. The predicted octanol–water partition coefficient (Wildman–Crippen LogP) is 1.66. The molecule has 66 valence electrons. The SMILES string of the molecule is CC1=CC(C)(C)C=C(N)C(N)=C1. The van der Waals surface area contributed by atoms with Crippen molar-refractivity contribution in [3.63, 3.8) is 0 Å². The van der Waals surface area contributed by atoms with Gasteiger partial charge in [0.15, 0.2) is 0 Å². The van der Waals surface area contributed by atoms with Gasteiger partial charge in [0.2, 0.25) is 0 Å². The Kier molecular flexibility index (Phi) is 2.01. The third-order valence-corrected chi connectivity index (χ3v) is 1.84. The van der Waals surface area contributed by atoms with Gasteiger partial charge in [-0.05, 0) is 19.1 Å². The second-order valence-electron chi connectivity index (χ2n) is 3.91. The number of hydrogen-bond acceptors (Lipinski definition) is 2. The minimum Gasteiger partial charge on any atom is -0.397 e. The van der Waals surface area contributed by atoms with Gasteiger partial charge in [0, 0.05) is 5.41 Å². The second-order valence-corrected chi connectivity index (χ2v) is 3.91. The molecular weight excluding hydrogens is 148 g/mol. The maximum absolute atomic E-state index is 5.75. The van der Waals surface area contributed by atoms with E-state index in [1.165, 1.54) is 0 Å². The molecule has 0 unspecified atom stereocenters. The summed E-state index contributed by atoms with van der Waals surface area (Å²) in [6, 6.07) is 0. The van der Waals surface area contributed by atoms with Crippen LogP contribution in [0, 0.1) is 5.41 Å². The molecule has 12 heavy (non-hydrogen) atoms. The first-order valence-corrected chi connectivity index (χ1v) is 4.06. The summed E-state index contributed by atoms with van der Waals surface area (Å²) in [6.45, 7) is 6.24.